The lowest BCUT2D eigenvalue weighted by molar-refractivity contribution is 0.0741. The molecule has 212 valence electrons. The zero-order valence-corrected chi connectivity index (χ0v) is 24.6. The SMILES string of the molecule is C=S(=O)(c1ccn(C)n1)N(C1CC1)[C@H]1CCC2=Cc3c(cnn3-c3ccc(F)cc3)C[C@]2(C(=O)c2ncc(C)s2)C1. The van der Waals surface area contributed by atoms with Crippen LogP contribution < -0.4 is 0 Å². The van der Waals surface area contributed by atoms with E-state index in [4.69, 9.17) is 0 Å². The van der Waals surface area contributed by atoms with Crippen molar-refractivity contribution in [3.63, 3.8) is 0 Å². The van der Waals surface area contributed by atoms with E-state index in [-0.39, 0.29) is 23.7 Å². The average molecular weight is 591 g/mol. The van der Waals surface area contributed by atoms with Crippen LogP contribution in [0.3, 0.4) is 0 Å². The summed E-state index contributed by atoms with van der Waals surface area (Å²) in [5, 5.41) is 10.1. The molecule has 0 amide bonds. The predicted molar refractivity (Wildman–Crippen MR) is 158 cm³/mol. The van der Waals surface area contributed by atoms with Crippen LogP contribution in [0.4, 0.5) is 4.39 Å². The summed E-state index contributed by atoms with van der Waals surface area (Å²) in [6.07, 6.45) is 11.8. The molecule has 4 aromatic rings. The van der Waals surface area contributed by atoms with Crippen LogP contribution in [0, 0.1) is 18.2 Å². The van der Waals surface area contributed by atoms with Gasteiger partial charge in [0.25, 0.3) is 0 Å². The number of carbonyl (C=O) groups is 1. The monoisotopic (exact) mass is 590 g/mol. The van der Waals surface area contributed by atoms with Gasteiger partial charge in [-0.3, -0.25) is 9.48 Å². The zero-order valence-electron chi connectivity index (χ0n) is 23.0. The molecule has 0 saturated heterocycles. The number of Topliss-reactive ketones (excluding diaryl/α,β-unsaturated/α-hetero) is 1. The fourth-order valence-corrected chi connectivity index (χ4v) is 9.44. The first-order valence-corrected chi connectivity index (χ1v) is 16.3. The van der Waals surface area contributed by atoms with E-state index in [9.17, 15) is 13.4 Å². The molecule has 41 heavy (non-hydrogen) atoms. The highest BCUT2D eigenvalue weighted by atomic mass is 32.2. The highest BCUT2D eigenvalue weighted by molar-refractivity contribution is 7.98. The first-order valence-electron chi connectivity index (χ1n) is 13.8. The van der Waals surface area contributed by atoms with Gasteiger partial charge in [0, 0.05) is 36.4 Å². The molecule has 3 aliphatic carbocycles. The van der Waals surface area contributed by atoms with E-state index in [1.807, 2.05) is 24.9 Å². The second-order valence-electron chi connectivity index (χ2n) is 11.4. The number of hydrogen-bond donors (Lipinski definition) is 0. The Morgan fingerprint density at radius 2 is 1.95 bits per heavy atom. The van der Waals surface area contributed by atoms with Crippen LogP contribution in [-0.4, -0.2) is 56.8 Å². The maximum atomic E-state index is 14.5. The molecular formula is C30H31FN6O2S2. The molecule has 0 N–H and O–H groups in total. The molecule has 1 aromatic carbocycles. The Morgan fingerprint density at radius 1 is 1.17 bits per heavy atom. The maximum absolute atomic E-state index is 14.5. The van der Waals surface area contributed by atoms with Crippen molar-refractivity contribution >= 4 is 38.8 Å². The van der Waals surface area contributed by atoms with Gasteiger partial charge in [0.1, 0.15) is 5.82 Å². The number of fused-ring (bicyclic) bond motifs is 2. The molecule has 3 aliphatic rings. The third kappa shape index (κ3) is 4.41. The number of ketones is 1. The van der Waals surface area contributed by atoms with Crippen molar-refractivity contribution in [1.82, 2.24) is 28.9 Å². The van der Waals surface area contributed by atoms with Crippen LogP contribution in [0.25, 0.3) is 11.8 Å². The summed E-state index contributed by atoms with van der Waals surface area (Å²) in [5.41, 5.74) is 2.85. The summed E-state index contributed by atoms with van der Waals surface area (Å²) < 4.78 is 33.6. The Labute approximate surface area is 242 Å². The average Bonchev–Trinajstić information content (AvgIpc) is 3.29. The van der Waals surface area contributed by atoms with Crippen LogP contribution in [-0.2, 0) is 23.2 Å². The van der Waals surface area contributed by atoms with Gasteiger partial charge in [0.15, 0.2) is 10.0 Å². The van der Waals surface area contributed by atoms with Crippen LogP contribution in [0.2, 0.25) is 0 Å². The number of hydrogen-bond acceptors (Lipinski definition) is 6. The third-order valence-electron chi connectivity index (χ3n) is 8.58. The number of thiazole rings is 1. The number of allylic oxidation sites excluding steroid dienone is 1. The smallest absolute Gasteiger partial charge is 0.201 e. The summed E-state index contributed by atoms with van der Waals surface area (Å²) in [6.45, 7) is 1.96. The Hall–Kier alpha value is -3.41. The number of carbonyl (C=O) groups excluding carboxylic acids is 1. The van der Waals surface area contributed by atoms with Crippen molar-refractivity contribution in [2.75, 3.05) is 0 Å². The lowest BCUT2D eigenvalue weighted by Crippen LogP contribution is -2.51. The van der Waals surface area contributed by atoms with Crippen LogP contribution in [0.15, 0.2) is 59.5 Å². The lowest BCUT2D eigenvalue weighted by atomic mass is 9.61. The Bertz CT molecular complexity index is 1800. The molecule has 3 heterocycles. The molecule has 3 aromatic heterocycles. The van der Waals surface area contributed by atoms with E-state index in [1.54, 1.807) is 35.3 Å². The zero-order chi connectivity index (χ0) is 28.5. The summed E-state index contributed by atoms with van der Waals surface area (Å²) in [5.74, 6) is 3.94. The topological polar surface area (TPSA) is 85.9 Å². The molecule has 0 spiro atoms. The molecule has 0 bridgehead atoms. The van der Waals surface area contributed by atoms with Gasteiger partial charge in [-0.2, -0.15) is 10.2 Å². The lowest BCUT2D eigenvalue weighted by Gasteiger charge is -2.47. The van der Waals surface area contributed by atoms with E-state index in [2.05, 4.69) is 31.4 Å². The second-order valence-corrected chi connectivity index (χ2v) is 14.8. The highest BCUT2D eigenvalue weighted by Crippen LogP contribution is 2.53. The first-order chi connectivity index (χ1) is 19.7. The highest BCUT2D eigenvalue weighted by Gasteiger charge is 2.53. The summed E-state index contributed by atoms with van der Waals surface area (Å²) in [6, 6.07) is 8.10. The van der Waals surface area contributed by atoms with Crippen LogP contribution in [0.1, 0.15) is 58.0 Å². The standard InChI is InChI=1S/C30H31FN6O2S2/c1-19-17-32-29(40-19)28(38)30-15-20-18-33-36(23-8-5-22(31)6-9-23)26(20)14-21(30)4-7-25(16-30)37(24-10-11-24)41(3,39)27-12-13-35(2)34-27/h5-6,8-9,12-14,17-18,24-25H,3-4,7,10-11,15-16H2,1-2H3/t25-,30-,41?/m0/s1. The van der Waals surface area contributed by atoms with Gasteiger partial charge in [-0.25, -0.2) is 22.6 Å². The molecule has 2 saturated carbocycles. The summed E-state index contributed by atoms with van der Waals surface area (Å²) >= 11 is 1.42. The van der Waals surface area contributed by atoms with Crippen molar-refractivity contribution in [3.8, 4) is 5.69 Å². The second kappa shape index (κ2) is 9.57. The summed E-state index contributed by atoms with van der Waals surface area (Å²) in [4.78, 5) is 20.0. The quantitative estimate of drug-likeness (QED) is 0.223. The minimum atomic E-state index is -2.85. The van der Waals surface area contributed by atoms with Crippen molar-refractivity contribution in [2.24, 2.45) is 12.5 Å². The van der Waals surface area contributed by atoms with Crippen LogP contribution in [0.5, 0.6) is 0 Å². The molecule has 1 unspecified atom stereocenters. The molecule has 11 heteroatoms. The molecule has 2 fully saturated rings. The first kappa shape index (κ1) is 26.5. The third-order valence-corrected chi connectivity index (χ3v) is 11.6. The fraction of sp³-hybridized carbons (Fsp3) is 0.367. The minimum Gasteiger partial charge on any atom is -0.290 e. The van der Waals surface area contributed by atoms with Crippen molar-refractivity contribution in [1.29, 1.82) is 0 Å². The number of aromatic nitrogens is 5. The van der Waals surface area contributed by atoms with Gasteiger partial charge in [-0.1, -0.05) is 5.57 Å². The maximum Gasteiger partial charge on any atom is 0.201 e. The molecule has 0 radical (unpaired) electrons. The van der Waals surface area contributed by atoms with Gasteiger partial charge in [-0.15, -0.1) is 11.3 Å². The van der Waals surface area contributed by atoms with Crippen molar-refractivity contribution in [2.45, 2.75) is 62.6 Å². The molecule has 3 atom stereocenters. The van der Waals surface area contributed by atoms with Gasteiger partial charge >= 0.3 is 0 Å². The number of rotatable bonds is 7. The Morgan fingerprint density at radius 3 is 2.61 bits per heavy atom. The number of benzene rings is 1. The van der Waals surface area contributed by atoms with Crippen molar-refractivity contribution < 1.29 is 13.4 Å². The fourth-order valence-electron chi connectivity index (χ4n) is 6.53. The van der Waals surface area contributed by atoms with E-state index >= 15 is 0 Å². The number of aryl methyl sites for hydroxylation is 2. The van der Waals surface area contributed by atoms with Gasteiger partial charge < -0.3 is 0 Å². The van der Waals surface area contributed by atoms with Crippen molar-refractivity contribution in [3.05, 3.63) is 81.5 Å². The van der Waals surface area contributed by atoms with E-state index in [1.165, 1.54) is 23.5 Å². The van der Waals surface area contributed by atoms with Gasteiger partial charge in [0.05, 0.1) is 32.7 Å². The number of halogens is 1. The molecule has 7 rings (SSSR count). The van der Waals surface area contributed by atoms with E-state index in [0.717, 1.165) is 46.7 Å². The van der Waals surface area contributed by atoms with Gasteiger partial charge in [0.2, 0.25) is 5.78 Å². The van der Waals surface area contributed by atoms with Crippen LogP contribution >= 0.6 is 11.3 Å². The normalized spacial score (nSPS) is 23.5. The minimum absolute atomic E-state index is 0.0101. The predicted octanol–water partition coefficient (Wildman–Crippen LogP) is 5.03. The molecule has 0 aliphatic heterocycles. The Kier molecular flexibility index (Phi) is 6.18. The van der Waals surface area contributed by atoms with Gasteiger partial charge in [-0.05, 0) is 93.3 Å². The van der Waals surface area contributed by atoms with E-state index in [0.29, 0.717) is 29.3 Å². The summed E-state index contributed by atoms with van der Waals surface area (Å²) in [7, 11) is -1.04. The Balaban J connectivity index is 1.31. The van der Waals surface area contributed by atoms with E-state index < -0.39 is 15.1 Å². The molecule has 8 nitrogen and oxygen atoms in total. The molecular weight excluding hydrogens is 560 g/mol. The number of nitrogens with zero attached hydrogens (tertiary/aromatic N) is 6. The largest absolute Gasteiger partial charge is 0.290 e.